The Morgan fingerprint density at radius 1 is 1.29 bits per heavy atom. The number of aromatic hydroxyl groups is 1. The fourth-order valence-electron chi connectivity index (χ4n) is 1.98. The maximum atomic E-state index is 12.2. The maximum absolute atomic E-state index is 12.2. The lowest BCUT2D eigenvalue weighted by molar-refractivity contribution is 0.102. The Labute approximate surface area is 128 Å². The number of hydrogen-bond acceptors (Lipinski definition) is 4. The van der Waals surface area contributed by atoms with Crippen LogP contribution in [0.2, 0.25) is 0 Å². The second-order valence-electron chi connectivity index (χ2n) is 4.53. The first-order valence-electron chi connectivity index (χ1n) is 6.14. The van der Waals surface area contributed by atoms with E-state index < -0.39 is 0 Å². The van der Waals surface area contributed by atoms with Crippen LogP contribution < -0.4 is 5.32 Å². The first-order valence-corrected chi connectivity index (χ1v) is 6.93. The van der Waals surface area contributed by atoms with E-state index >= 15 is 0 Å². The van der Waals surface area contributed by atoms with Gasteiger partial charge in [-0.05, 0) is 36.4 Å². The molecule has 7 heteroatoms. The molecule has 0 bridgehead atoms. The first-order chi connectivity index (χ1) is 10.0. The topological polar surface area (TPSA) is 80.0 Å². The lowest BCUT2D eigenvalue weighted by Gasteiger charge is -2.07. The molecule has 0 unspecified atom stereocenters. The molecule has 106 valence electrons. The molecule has 1 heterocycles. The van der Waals surface area contributed by atoms with Crippen molar-refractivity contribution in [3.05, 3.63) is 46.4 Å². The highest BCUT2D eigenvalue weighted by molar-refractivity contribution is 9.10. The van der Waals surface area contributed by atoms with Crippen LogP contribution in [0, 0.1) is 0 Å². The third kappa shape index (κ3) is 2.59. The number of amides is 1. The number of benzene rings is 2. The average molecular weight is 347 g/mol. The van der Waals surface area contributed by atoms with E-state index in [-0.39, 0.29) is 11.7 Å². The minimum Gasteiger partial charge on any atom is -0.506 e. The van der Waals surface area contributed by atoms with Crippen molar-refractivity contribution in [1.82, 2.24) is 15.0 Å². The second-order valence-corrected chi connectivity index (χ2v) is 5.45. The van der Waals surface area contributed by atoms with Crippen molar-refractivity contribution in [3.8, 4) is 5.75 Å². The quantitative estimate of drug-likeness (QED) is 0.699. The summed E-state index contributed by atoms with van der Waals surface area (Å²) in [4.78, 5) is 12.2. The summed E-state index contributed by atoms with van der Waals surface area (Å²) in [6.45, 7) is 0. The lowest BCUT2D eigenvalue weighted by atomic mass is 10.1. The van der Waals surface area contributed by atoms with Crippen LogP contribution in [0.15, 0.2) is 40.9 Å². The number of phenolic OH excluding ortho intramolecular Hbond substituents is 1. The SMILES string of the molecule is Cn1nnc2ccc(C(=O)Nc3ccc(Br)cc3O)cc21. The van der Waals surface area contributed by atoms with Gasteiger partial charge >= 0.3 is 0 Å². The molecule has 0 aliphatic rings. The van der Waals surface area contributed by atoms with Crippen LogP contribution in [0.1, 0.15) is 10.4 Å². The highest BCUT2D eigenvalue weighted by atomic mass is 79.9. The van der Waals surface area contributed by atoms with Crippen LogP contribution in [-0.2, 0) is 7.05 Å². The molecular weight excluding hydrogens is 336 g/mol. The average Bonchev–Trinajstić information content (AvgIpc) is 2.83. The summed E-state index contributed by atoms with van der Waals surface area (Å²) in [7, 11) is 1.76. The van der Waals surface area contributed by atoms with Crippen molar-refractivity contribution in [2.24, 2.45) is 7.05 Å². The highest BCUT2D eigenvalue weighted by Gasteiger charge is 2.11. The third-order valence-electron chi connectivity index (χ3n) is 3.08. The summed E-state index contributed by atoms with van der Waals surface area (Å²) in [6, 6.07) is 10.00. The molecule has 0 spiro atoms. The fraction of sp³-hybridized carbons (Fsp3) is 0.0714. The van der Waals surface area contributed by atoms with Crippen LogP contribution in [0.5, 0.6) is 5.75 Å². The Bertz CT molecular complexity index is 844. The van der Waals surface area contributed by atoms with Gasteiger partial charge < -0.3 is 10.4 Å². The van der Waals surface area contributed by atoms with Crippen molar-refractivity contribution < 1.29 is 9.90 Å². The molecule has 0 saturated heterocycles. The highest BCUT2D eigenvalue weighted by Crippen LogP contribution is 2.27. The standard InChI is InChI=1S/C14H11BrN4O2/c1-19-12-6-8(2-4-10(12)17-18-19)14(21)16-11-5-3-9(15)7-13(11)20/h2-7,20H,1H3,(H,16,21). The molecule has 3 aromatic rings. The van der Waals surface area contributed by atoms with Crippen molar-refractivity contribution in [2.75, 3.05) is 5.32 Å². The molecule has 3 rings (SSSR count). The van der Waals surface area contributed by atoms with Gasteiger partial charge in [-0.25, -0.2) is 4.68 Å². The number of nitrogens with zero attached hydrogens (tertiary/aromatic N) is 3. The van der Waals surface area contributed by atoms with E-state index in [2.05, 4.69) is 31.6 Å². The molecule has 0 atom stereocenters. The van der Waals surface area contributed by atoms with Gasteiger partial charge in [0.25, 0.3) is 5.91 Å². The van der Waals surface area contributed by atoms with E-state index in [0.717, 1.165) is 15.5 Å². The van der Waals surface area contributed by atoms with E-state index in [1.54, 1.807) is 42.1 Å². The molecule has 0 radical (unpaired) electrons. The molecule has 1 aromatic heterocycles. The summed E-state index contributed by atoms with van der Waals surface area (Å²) in [6.07, 6.45) is 0. The summed E-state index contributed by atoms with van der Waals surface area (Å²) >= 11 is 3.25. The predicted octanol–water partition coefficient (Wildman–Crippen LogP) is 2.69. The number of rotatable bonds is 2. The Morgan fingerprint density at radius 3 is 2.86 bits per heavy atom. The zero-order valence-electron chi connectivity index (χ0n) is 11.0. The van der Waals surface area contributed by atoms with Crippen molar-refractivity contribution in [2.45, 2.75) is 0 Å². The monoisotopic (exact) mass is 346 g/mol. The van der Waals surface area contributed by atoms with E-state index in [4.69, 9.17) is 0 Å². The Kier molecular flexibility index (Phi) is 3.34. The van der Waals surface area contributed by atoms with Gasteiger partial charge in [0.05, 0.1) is 11.2 Å². The summed E-state index contributed by atoms with van der Waals surface area (Å²) in [5.74, 6) is -0.309. The minimum absolute atomic E-state index is 0.000929. The number of halogens is 1. The normalized spacial score (nSPS) is 10.8. The van der Waals surface area contributed by atoms with Crippen molar-refractivity contribution in [3.63, 3.8) is 0 Å². The van der Waals surface area contributed by atoms with Gasteiger partial charge in [0.2, 0.25) is 0 Å². The number of anilines is 1. The van der Waals surface area contributed by atoms with E-state index in [9.17, 15) is 9.90 Å². The van der Waals surface area contributed by atoms with E-state index in [1.807, 2.05) is 0 Å². The van der Waals surface area contributed by atoms with Crippen LogP contribution in [0.3, 0.4) is 0 Å². The van der Waals surface area contributed by atoms with E-state index in [1.165, 1.54) is 6.07 Å². The van der Waals surface area contributed by atoms with Gasteiger partial charge in [-0.2, -0.15) is 0 Å². The second kappa shape index (κ2) is 5.17. The minimum atomic E-state index is -0.310. The molecular formula is C14H11BrN4O2. The number of aryl methyl sites for hydroxylation is 1. The summed E-state index contributed by atoms with van der Waals surface area (Å²) in [5, 5.41) is 20.3. The smallest absolute Gasteiger partial charge is 0.255 e. The number of hydrogen-bond donors (Lipinski definition) is 2. The van der Waals surface area contributed by atoms with Crippen LogP contribution in [0.25, 0.3) is 11.0 Å². The number of carbonyl (C=O) groups excluding carboxylic acids is 1. The molecule has 0 fully saturated rings. The molecule has 2 aromatic carbocycles. The van der Waals surface area contributed by atoms with Gasteiger partial charge in [0.1, 0.15) is 11.3 Å². The Hall–Kier alpha value is -2.41. The van der Waals surface area contributed by atoms with Gasteiger partial charge in [-0.3, -0.25) is 4.79 Å². The predicted molar refractivity (Wildman–Crippen MR) is 82.3 cm³/mol. The number of aromatic nitrogens is 3. The molecule has 21 heavy (non-hydrogen) atoms. The van der Waals surface area contributed by atoms with Crippen LogP contribution in [-0.4, -0.2) is 26.0 Å². The van der Waals surface area contributed by atoms with Crippen molar-refractivity contribution in [1.29, 1.82) is 0 Å². The molecule has 2 N–H and O–H groups in total. The zero-order chi connectivity index (χ0) is 15.0. The summed E-state index contributed by atoms with van der Waals surface area (Å²) in [5.41, 5.74) is 2.31. The van der Waals surface area contributed by atoms with Crippen LogP contribution >= 0.6 is 15.9 Å². The van der Waals surface area contributed by atoms with Crippen LogP contribution in [0.4, 0.5) is 5.69 Å². The molecule has 0 aliphatic heterocycles. The number of nitrogens with one attached hydrogen (secondary N) is 1. The van der Waals surface area contributed by atoms with Gasteiger partial charge in [0, 0.05) is 17.1 Å². The molecule has 6 nitrogen and oxygen atoms in total. The zero-order valence-corrected chi connectivity index (χ0v) is 12.6. The largest absolute Gasteiger partial charge is 0.506 e. The van der Waals surface area contributed by atoms with Gasteiger partial charge in [-0.15, -0.1) is 5.10 Å². The van der Waals surface area contributed by atoms with Gasteiger partial charge in [-0.1, -0.05) is 21.1 Å². The fourth-order valence-corrected chi connectivity index (χ4v) is 2.33. The van der Waals surface area contributed by atoms with Gasteiger partial charge in [0.15, 0.2) is 0 Å². The Morgan fingerprint density at radius 2 is 2.10 bits per heavy atom. The first kappa shape index (κ1) is 13.6. The number of phenols is 1. The Balaban J connectivity index is 1.91. The molecule has 0 aliphatic carbocycles. The maximum Gasteiger partial charge on any atom is 0.255 e. The van der Waals surface area contributed by atoms with E-state index in [0.29, 0.717) is 11.3 Å². The summed E-state index contributed by atoms with van der Waals surface area (Å²) < 4.78 is 2.34. The number of carbonyl (C=O) groups is 1. The number of fused-ring (bicyclic) bond motifs is 1. The third-order valence-corrected chi connectivity index (χ3v) is 3.57. The molecule has 1 amide bonds. The lowest BCUT2D eigenvalue weighted by Crippen LogP contribution is -2.12. The van der Waals surface area contributed by atoms with Crippen molar-refractivity contribution >= 4 is 38.6 Å². The molecule has 0 saturated carbocycles.